The van der Waals surface area contributed by atoms with Gasteiger partial charge >= 0.3 is 0 Å². The van der Waals surface area contributed by atoms with Gasteiger partial charge in [0.1, 0.15) is 11.3 Å². The van der Waals surface area contributed by atoms with E-state index in [1.165, 1.54) is 0 Å². The zero-order valence-electron chi connectivity index (χ0n) is 12.5. The van der Waals surface area contributed by atoms with E-state index in [0.29, 0.717) is 12.6 Å². The highest BCUT2D eigenvalue weighted by Crippen LogP contribution is 2.23. The van der Waals surface area contributed by atoms with Crippen molar-refractivity contribution < 1.29 is 9.15 Å². The van der Waals surface area contributed by atoms with Crippen molar-refractivity contribution in [3.05, 3.63) is 36.1 Å². The molecule has 2 N–H and O–H groups in total. The summed E-state index contributed by atoms with van der Waals surface area (Å²) in [4.78, 5) is 2.31. The van der Waals surface area contributed by atoms with E-state index in [-0.39, 0.29) is 6.04 Å². The van der Waals surface area contributed by atoms with Gasteiger partial charge in [-0.25, -0.2) is 0 Å². The number of methoxy groups -OCH3 is 1. The van der Waals surface area contributed by atoms with Gasteiger partial charge in [0.15, 0.2) is 0 Å². The molecule has 110 valence electrons. The van der Waals surface area contributed by atoms with Crippen molar-refractivity contribution >= 4 is 11.0 Å². The number of furan rings is 1. The first-order valence-electron chi connectivity index (χ1n) is 7.12. The molecule has 0 saturated carbocycles. The molecule has 2 atom stereocenters. The van der Waals surface area contributed by atoms with E-state index >= 15 is 0 Å². The first-order valence-corrected chi connectivity index (χ1v) is 7.12. The second-order valence-corrected chi connectivity index (χ2v) is 5.19. The molecule has 0 amide bonds. The Labute approximate surface area is 120 Å². The molecule has 2 rings (SSSR count). The summed E-state index contributed by atoms with van der Waals surface area (Å²) >= 11 is 0. The smallest absolute Gasteiger partial charge is 0.134 e. The van der Waals surface area contributed by atoms with Crippen molar-refractivity contribution in [2.24, 2.45) is 5.73 Å². The van der Waals surface area contributed by atoms with E-state index < -0.39 is 0 Å². The van der Waals surface area contributed by atoms with Crippen LogP contribution in [-0.4, -0.2) is 37.7 Å². The minimum atomic E-state index is -0.123. The molecule has 1 aromatic heterocycles. The van der Waals surface area contributed by atoms with Crippen LogP contribution in [0.2, 0.25) is 0 Å². The third-order valence-corrected chi connectivity index (χ3v) is 3.68. The number of para-hydroxylation sites is 1. The second-order valence-electron chi connectivity index (χ2n) is 5.19. The number of rotatable bonds is 7. The van der Waals surface area contributed by atoms with Crippen molar-refractivity contribution in [1.82, 2.24) is 4.90 Å². The van der Waals surface area contributed by atoms with Crippen LogP contribution >= 0.6 is 0 Å². The molecule has 2 unspecified atom stereocenters. The molecule has 1 heterocycles. The number of nitrogens with zero attached hydrogens (tertiary/aromatic N) is 1. The van der Waals surface area contributed by atoms with Gasteiger partial charge in [0.05, 0.1) is 12.6 Å². The van der Waals surface area contributed by atoms with Gasteiger partial charge in [0.2, 0.25) is 0 Å². The normalized spacial score (nSPS) is 14.8. The molecule has 4 heteroatoms. The Bertz CT molecular complexity index is 505. The van der Waals surface area contributed by atoms with Crippen molar-refractivity contribution in [2.45, 2.75) is 25.9 Å². The van der Waals surface area contributed by atoms with Gasteiger partial charge < -0.3 is 14.9 Å². The Kier molecular flexibility index (Phi) is 5.17. The van der Waals surface area contributed by atoms with Gasteiger partial charge in [-0.05, 0) is 25.6 Å². The molecule has 0 saturated heterocycles. The lowest BCUT2D eigenvalue weighted by atomic mass is 10.1. The average molecular weight is 276 g/mol. The molecule has 0 aliphatic heterocycles. The average Bonchev–Trinajstić information content (AvgIpc) is 2.88. The molecule has 1 aromatic carbocycles. The van der Waals surface area contributed by atoms with Crippen LogP contribution in [0.3, 0.4) is 0 Å². The number of benzene rings is 1. The Balaban J connectivity index is 2.08. The van der Waals surface area contributed by atoms with E-state index in [1.807, 2.05) is 30.3 Å². The van der Waals surface area contributed by atoms with Crippen LogP contribution in [0, 0.1) is 0 Å². The molecule has 0 spiro atoms. The minimum Gasteiger partial charge on any atom is -0.459 e. The molecule has 0 aliphatic carbocycles. The Morgan fingerprint density at radius 3 is 2.75 bits per heavy atom. The zero-order valence-corrected chi connectivity index (χ0v) is 12.5. The van der Waals surface area contributed by atoms with Gasteiger partial charge in [-0.2, -0.15) is 0 Å². The van der Waals surface area contributed by atoms with Crippen molar-refractivity contribution in [2.75, 3.05) is 26.8 Å². The van der Waals surface area contributed by atoms with Crippen LogP contribution in [-0.2, 0) is 4.74 Å². The highest BCUT2D eigenvalue weighted by Gasteiger charge is 2.19. The third kappa shape index (κ3) is 3.39. The van der Waals surface area contributed by atoms with E-state index in [1.54, 1.807) is 7.11 Å². The quantitative estimate of drug-likeness (QED) is 0.845. The van der Waals surface area contributed by atoms with Crippen molar-refractivity contribution in [3.8, 4) is 0 Å². The molecular formula is C16H24N2O2. The predicted molar refractivity (Wildman–Crippen MR) is 81.7 cm³/mol. The highest BCUT2D eigenvalue weighted by atomic mass is 16.5. The maximum atomic E-state index is 6.29. The summed E-state index contributed by atoms with van der Waals surface area (Å²) in [5.74, 6) is 0.842. The van der Waals surface area contributed by atoms with Gasteiger partial charge in [0.25, 0.3) is 0 Å². The minimum absolute atomic E-state index is 0.123. The summed E-state index contributed by atoms with van der Waals surface area (Å²) in [7, 11) is 1.73. The maximum absolute atomic E-state index is 6.29. The number of fused-ring (bicyclic) bond motifs is 1. The van der Waals surface area contributed by atoms with Crippen molar-refractivity contribution in [3.63, 3.8) is 0 Å². The second kappa shape index (κ2) is 6.88. The standard InChI is InChI=1S/C16H24N2O2/c1-4-18(12(2)11-19-3)10-14(17)16-9-13-7-5-6-8-15(13)20-16/h5-9,12,14H,4,10-11,17H2,1-3H3. The maximum Gasteiger partial charge on any atom is 0.134 e. The number of hydrogen-bond acceptors (Lipinski definition) is 4. The zero-order chi connectivity index (χ0) is 14.5. The summed E-state index contributed by atoms with van der Waals surface area (Å²) in [6, 6.07) is 10.2. The lowest BCUT2D eigenvalue weighted by molar-refractivity contribution is 0.0972. The molecule has 2 aromatic rings. The topological polar surface area (TPSA) is 51.6 Å². The van der Waals surface area contributed by atoms with Gasteiger partial charge in [-0.1, -0.05) is 25.1 Å². The fraction of sp³-hybridized carbons (Fsp3) is 0.500. The van der Waals surface area contributed by atoms with Gasteiger partial charge in [-0.3, -0.25) is 4.90 Å². The SMILES string of the molecule is CCN(CC(N)c1cc2ccccc2o1)C(C)COC. The Morgan fingerprint density at radius 1 is 1.35 bits per heavy atom. The first kappa shape index (κ1) is 15.0. The monoisotopic (exact) mass is 276 g/mol. The molecular weight excluding hydrogens is 252 g/mol. The summed E-state index contributed by atoms with van der Waals surface area (Å²) < 4.78 is 11.0. The van der Waals surface area contributed by atoms with Gasteiger partial charge in [-0.15, -0.1) is 0 Å². The molecule has 0 aliphatic rings. The van der Waals surface area contributed by atoms with Gasteiger partial charge in [0, 0.05) is 25.1 Å². The summed E-state index contributed by atoms with van der Waals surface area (Å²) in [6.07, 6.45) is 0. The summed E-state index contributed by atoms with van der Waals surface area (Å²) in [5.41, 5.74) is 7.19. The van der Waals surface area contributed by atoms with Crippen LogP contribution < -0.4 is 5.73 Å². The number of nitrogens with two attached hydrogens (primary N) is 1. The fourth-order valence-electron chi connectivity index (χ4n) is 2.50. The van der Waals surface area contributed by atoms with Crippen LogP contribution in [0.25, 0.3) is 11.0 Å². The molecule has 4 nitrogen and oxygen atoms in total. The predicted octanol–water partition coefficient (Wildman–Crippen LogP) is 2.79. The largest absolute Gasteiger partial charge is 0.459 e. The summed E-state index contributed by atoms with van der Waals surface area (Å²) in [5, 5.41) is 1.10. The number of ether oxygens (including phenoxy) is 1. The first-order chi connectivity index (χ1) is 9.65. The van der Waals surface area contributed by atoms with Crippen molar-refractivity contribution in [1.29, 1.82) is 0 Å². The number of hydrogen-bond donors (Lipinski definition) is 1. The lowest BCUT2D eigenvalue weighted by Gasteiger charge is -2.29. The van der Waals surface area contributed by atoms with E-state index in [4.69, 9.17) is 14.9 Å². The van der Waals surface area contributed by atoms with E-state index in [0.717, 1.165) is 29.8 Å². The fourth-order valence-corrected chi connectivity index (χ4v) is 2.50. The van der Waals surface area contributed by atoms with E-state index in [9.17, 15) is 0 Å². The van der Waals surface area contributed by atoms with E-state index in [2.05, 4.69) is 18.7 Å². The lowest BCUT2D eigenvalue weighted by Crippen LogP contribution is -2.40. The van der Waals surface area contributed by atoms with Crippen LogP contribution in [0.1, 0.15) is 25.6 Å². The summed E-state index contributed by atoms with van der Waals surface area (Å²) in [6.45, 7) is 6.70. The van der Waals surface area contributed by atoms with Crippen LogP contribution in [0.5, 0.6) is 0 Å². The Hall–Kier alpha value is -1.36. The number of likely N-dealkylation sites (N-methyl/N-ethyl adjacent to an activating group) is 1. The molecule has 20 heavy (non-hydrogen) atoms. The highest BCUT2D eigenvalue weighted by molar-refractivity contribution is 5.77. The Morgan fingerprint density at radius 2 is 2.10 bits per heavy atom. The third-order valence-electron chi connectivity index (χ3n) is 3.68. The molecule has 0 bridgehead atoms. The molecule has 0 fully saturated rings. The molecule has 0 radical (unpaired) electrons. The van der Waals surface area contributed by atoms with Crippen LogP contribution in [0.15, 0.2) is 34.7 Å². The van der Waals surface area contributed by atoms with Crippen LogP contribution in [0.4, 0.5) is 0 Å².